The van der Waals surface area contributed by atoms with Gasteiger partial charge >= 0.3 is 0 Å². The largest absolute Gasteiger partial charge is 1.00 e. The smallest absolute Gasteiger partial charge is 0.0213 e. The van der Waals surface area contributed by atoms with Crippen LogP contribution in [-0.2, 0) is 6.54 Å². The molecule has 12 heavy (non-hydrogen) atoms. The molecule has 0 atom stereocenters. The molecule has 0 bridgehead atoms. The second-order valence-electron chi connectivity index (χ2n) is 2.66. The Bertz CT molecular complexity index is 175. The Morgan fingerprint density at radius 3 is 2.92 bits per heavy atom. The molecule has 0 fully saturated rings. The Hall–Kier alpha value is -0.0500. The van der Waals surface area contributed by atoms with Crippen LogP contribution < -0.4 is 17.7 Å². The number of hydrogen-bond acceptors (Lipinski definition) is 2. The molecule has 1 rings (SSSR count). The monoisotopic (exact) mass is 204 g/mol. The summed E-state index contributed by atoms with van der Waals surface area (Å²) in [6, 6.07) is 2.17. The highest BCUT2D eigenvalue weighted by molar-refractivity contribution is 7.07. The van der Waals surface area contributed by atoms with E-state index >= 15 is 0 Å². The van der Waals surface area contributed by atoms with Gasteiger partial charge in [0.05, 0.1) is 0 Å². The fourth-order valence-corrected chi connectivity index (χ4v) is 1.60. The standard InChI is InChI=1S/C9H15NS.ClH/c1-2-3-5-10-7-9-4-6-11-8-9;/h4,6,8,10H,2-3,5,7H2,1H3;1H/p-1. The lowest BCUT2D eigenvalue weighted by Gasteiger charge is -1.99. The zero-order valence-electron chi connectivity index (χ0n) is 7.35. The number of unbranched alkanes of at least 4 members (excludes halogenated alkanes) is 1. The topological polar surface area (TPSA) is 12.0 Å². The Labute approximate surface area is 84.6 Å². The summed E-state index contributed by atoms with van der Waals surface area (Å²) < 4.78 is 0. The summed E-state index contributed by atoms with van der Waals surface area (Å²) in [6.07, 6.45) is 2.56. The van der Waals surface area contributed by atoms with E-state index in [2.05, 4.69) is 29.1 Å². The maximum atomic E-state index is 3.40. The second-order valence-corrected chi connectivity index (χ2v) is 3.44. The summed E-state index contributed by atoms with van der Waals surface area (Å²) in [7, 11) is 0. The molecule has 0 saturated carbocycles. The molecule has 3 heteroatoms. The summed E-state index contributed by atoms with van der Waals surface area (Å²) in [5.74, 6) is 0. The van der Waals surface area contributed by atoms with Crippen LogP contribution in [0.4, 0.5) is 0 Å². The van der Waals surface area contributed by atoms with Gasteiger partial charge in [-0.2, -0.15) is 11.3 Å². The van der Waals surface area contributed by atoms with Crippen molar-refractivity contribution in [3.8, 4) is 0 Å². The van der Waals surface area contributed by atoms with E-state index in [4.69, 9.17) is 0 Å². The molecule has 0 aromatic carbocycles. The van der Waals surface area contributed by atoms with Gasteiger partial charge in [-0.1, -0.05) is 13.3 Å². The number of thiophene rings is 1. The average Bonchev–Trinajstić information content (AvgIpc) is 2.50. The fourth-order valence-electron chi connectivity index (χ4n) is 0.928. The lowest BCUT2D eigenvalue weighted by atomic mass is 10.3. The third kappa shape index (κ3) is 4.75. The Morgan fingerprint density at radius 1 is 1.50 bits per heavy atom. The highest BCUT2D eigenvalue weighted by Crippen LogP contribution is 2.04. The zero-order chi connectivity index (χ0) is 7.94. The molecule has 1 heterocycles. The maximum Gasteiger partial charge on any atom is 0.0213 e. The molecule has 1 N–H and O–H groups in total. The van der Waals surface area contributed by atoms with Crippen LogP contribution in [0.3, 0.4) is 0 Å². The third-order valence-electron chi connectivity index (χ3n) is 1.62. The number of nitrogens with one attached hydrogen (secondary N) is 1. The van der Waals surface area contributed by atoms with Crippen molar-refractivity contribution in [1.29, 1.82) is 0 Å². The van der Waals surface area contributed by atoms with E-state index in [1.165, 1.54) is 18.4 Å². The van der Waals surface area contributed by atoms with Crippen LogP contribution in [-0.4, -0.2) is 6.54 Å². The van der Waals surface area contributed by atoms with Crippen molar-refractivity contribution < 1.29 is 12.4 Å². The van der Waals surface area contributed by atoms with E-state index < -0.39 is 0 Å². The Balaban J connectivity index is 0.00000121. The SMILES string of the molecule is CCCCNCc1ccsc1.[Cl-]. The molecular formula is C9H15ClNS-. The second kappa shape index (κ2) is 7.59. The van der Waals surface area contributed by atoms with E-state index in [0.717, 1.165) is 13.1 Å². The predicted octanol–water partition coefficient (Wildman–Crippen LogP) is -0.358. The van der Waals surface area contributed by atoms with Gasteiger partial charge in [-0.3, -0.25) is 0 Å². The van der Waals surface area contributed by atoms with Crippen molar-refractivity contribution in [2.75, 3.05) is 6.54 Å². The first-order chi connectivity index (χ1) is 5.43. The summed E-state index contributed by atoms with van der Waals surface area (Å²) in [6.45, 7) is 4.39. The van der Waals surface area contributed by atoms with Gasteiger partial charge in [-0.25, -0.2) is 0 Å². The van der Waals surface area contributed by atoms with Crippen LogP contribution in [0.1, 0.15) is 25.3 Å². The van der Waals surface area contributed by atoms with Crippen LogP contribution in [0.25, 0.3) is 0 Å². The highest BCUT2D eigenvalue weighted by atomic mass is 35.5. The van der Waals surface area contributed by atoms with E-state index in [1.807, 2.05) is 0 Å². The van der Waals surface area contributed by atoms with Gasteiger partial charge in [-0.15, -0.1) is 0 Å². The van der Waals surface area contributed by atoms with Crippen molar-refractivity contribution in [3.63, 3.8) is 0 Å². The summed E-state index contributed by atoms with van der Waals surface area (Å²) >= 11 is 1.76. The summed E-state index contributed by atoms with van der Waals surface area (Å²) in [5.41, 5.74) is 1.41. The van der Waals surface area contributed by atoms with Crippen molar-refractivity contribution in [2.45, 2.75) is 26.3 Å². The number of halogens is 1. The molecular weight excluding hydrogens is 190 g/mol. The molecule has 1 aromatic heterocycles. The molecule has 0 spiro atoms. The normalized spacial score (nSPS) is 9.42. The van der Waals surface area contributed by atoms with Crippen LogP contribution in [0.2, 0.25) is 0 Å². The lowest BCUT2D eigenvalue weighted by Crippen LogP contribution is -3.00. The number of rotatable bonds is 5. The molecule has 0 radical (unpaired) electrons. The summed E-state index contributed by atoms with van der Waals surface area (Å²) in [4.78, 5) is 0. The zero-order valence-corrected chi connectivity index (χ0v) is 8.92. The molecule has 0 amide bonds. The Kier molecular flexibility index (Phi) is 7.56. The summed E-state index contributed by atoms with van der Waals surface area (Å²) in [5, 5.41) is 7.71. The Morgan fingerprint density at radius 2 is 2.33 bits per heavy atom. The van der Waals surface area contributed by atoms with Gasteiger partial charge in [0.15, 0.2) is 0 Å². The van der Waals surface area contributed by atoms with Crippen LogP contribution in [0.15, 0.2) is 16.8 Å². The maximum absolute atomic E-state index is 3.40. The van der Waals surface area contributed by atoms with E-state index in [1.54, 1.807) is 11.3 Å². The first-order valence-corrected chi connectivity index (χ1v) is 5.09. The van der Waals surface area contributed by atoms with Crippen molar-refractivity contribution in [3.05, 3.63) is 22.4 Å². The van der Waals surface area contributed by atoms with Gasteiger partial charge < -0.3 is 17.7 Å². The van der Waals surface area contributed by atoms with Crippen molar-refractivity contribution in [1.82, 2.24) is 5.32 Å². The predicted molar refractivity (Wildman–Crippen MR) is 50.9 cm³/mol. The molecule has 0 unspecified atom stereocenters. The van der Waals surface area contributed by atoms with E-state index in [0.29, 0.717) is 0 Å². The quantitative estimate of drug-likeness (QED) is 0.647. The first-order valence-electron chi connectivity index (χ1n) is 4.15. The minimum atomic E-state index is 0. The van der Waals surface area contributed by atoms with E-state index in [-0.39, 0.29) is 12.4 Å². The minimum Gasteiger partial charge on any atom is -1.00 e. The van der Waals surface area contributed by atoms with Gasteiger partial charge in [0, 0.05) is 6.54 Å². The van der Waals surface area contributed by atoms with E-state index in [9.17, 15) is 0 Å². The lowest BCUT2D eigenvalue weighted by molar-refractivity contribution is -0.00000234. The van der Waals surface area contributed by atoms with Crippen LogP contribution >= 0.6 is 11.3 Å². The molecule has 0 aliphatic carbocycles. The number of hydrogen-bond donors (Lipinski definition) is 1. The molecule has 0 saturated heterocycles. The van der Waals surface area contributed by atoms with Gasteiger partial charge in [0.2, 0.25) is 0 Å². The van der Waals surface area contributed by atoms with Crippen LogP contribution in [0, 0.1) is 0 Å². The van der Waals surface area contributed by atoms with Gasteiger partial charge in [0.1, 0.15) is 0 Å². The fraction of sp³-hybridized carbons (Fsp3) is 0.556. The molecule has 1 aromatic rings. The van der Waals surface area contributed by atoms with Crippen molar-refractivity contribution >= 4 is 11.3 Å². The highest BCUT2D eigenvalue weighted by Gasteiger charge is 1.90. The van der Waals surface area contributed by atoms with Gasteiger partial charge in [0.25, 0.3) is 0 Å². The van der Waals surface area contributed by atoms with Gasteiger partial charge in [-0.05, 0) is 35.4 Å². The molecule has 0 aliphatic heterocycles. The van der Waals surface area contributed by atoms with Crippen molar-refractivity contribution in [2.24, 2.45) is 0 Å². The molecule has 70 valence electrons. The minimum absolute atomic E-state index is 0. The average molecular weight is 205 g/mol. The van der Waals surface area contributed by atoms with Crippen LogP contribution in [0.5, 0.6) is 0 Å². The first kappa shape index (κ1) is 11.9. The molecule has 1 nitrogen and oxygen atoms in total. The molecule has 0 aliphatic rings. The third-order valence-corrected chi connectivity index (χ3v) is 2.35.